The Morgan fingerprint density at radius 3 is 2.64 bits per heavy atom. The normalized spacial score (nSPS) is 17.6. The fraction of sp³-hybridized carbons (Fsp3) is 0.235. The second-order valence-electron chi connectivity index (χ2n) is 5.12. The van der Waals surface area contributed by atoms with Crippen molar-refractivity contribution in [3.05, 3.63) is 59.9 Å². The summed E-state index contributed by atoms with van der Waals surface area (Å²) in [6, 6.07) is 13.1. The molecule has 2 unspecified atom stereocenters. The average Bonchev–Trinajstić information content (AvgIpc) is 2.54. The molecule has 1 heterocycles. The zero-order valence-corrected chi connectivity index (χ0v) is 12.1. The van der Waals surface area contributed by atoms with Crippen LogP contribution in [0, 0.1) is 5.82 Å². The predicted molar refractivity (Wildman–Crippen MR) is 79.3 cm³/mol. The zero-order chi connectivity index (χ0) is 15.5. The lowest BCUT2D eigenvalue weighted by atomic mass is 10.1. The Balaban J connectivity index is 1.67. The van der Waals surface area contributed by atoms with Gasteiger partial charge in [0.15, 0.2) is 11.5 Å². The summed E-state index contributed by atoms with van der Waals surface area (Å²) in [5.74, 6) is 0.480. The van der Waals surface area contributed by atoms with E-state index in [1.54, 1.807) is 37.3 Å². The summed E-state index contributed by atoms with van der Waals surface area (Å²) < 4.78 is 24.9. The number of fused-ring (bicyclic) bond motifs is 1. The molecule has 0 fully saturated rings. The highest BCUT2D eigenvalue weighted by Crippen LogP contribution is 2.31. The van der Waals surface area contributed by atoms with E-state index in [1.165, 1.54) is 6.07 Å². The maximum Gasteiger partial charge on any atom is 0.265 e. The number of carbonyl (C=O) groups is 1. The maximum atomic E-state index is 13.7. The van der Waals surface area contributed by atoms with Crippen LogP contribution in [0.2, 0.25) is 0 Å². The highest BCUT2D eigenvalue weighted by Gasteiger charge is 2.28. The van der Waals surface area contributed by atoms with Gasteiger partial charge in [-0.05, 0) is 25.1 Å². The van der Waals surface area contributed by atoms with Crippen molar-refractivity contribution < 1.29 is 18.7 Å². The van der Waals surface area contributed by atoms with Gasteiger partial charge < -0.3 is 14.8 Å². The average molecular weight is 301 g/mol. The van der Waals surface area contributed by atoms with E-state index in [-0.39, 0.29) is 18.3 Å². The molecule has 2 atom stereocenters. The summed E-state index contributed by atoms with van der Waals surface area (Å²) in [6.07, 6.45) is -0.746. The summed E-state index contributed by atoms with van der Waals surface area (Å²) in [7, 11) is 0. The minimum atomic E-state index is -0.746. The molecule has 2 aromatic rings. The van der Waals surface area contributed by atoms with Crippen molar-refractivity contribution in [3.8, 4) is 11.5 Å². The first-order valence-corrected chi connectivity index (χ1v) is 7.08. The van der Waals surface area contributed by atoms with Gasteiger partial charge in [-0.25, -0.2) is 4.39 Å². The summed E-state index contributed by atoms with van der Waals surface area (Å²) in [5.41, 5.74) is 0.438. The van der Waals surface area contributed by atoms with Crippen LogP contribution in [0.25, 0.3) is 0 Å². The molecule has 114 valence electrons. The van der Waals surface area contributed by atoms with Gasteiger partial charge in [-0.15, -0.1) is 0 Å². The Morgan fingerprint density at radius 2 is 1.86 bits per heavy atom. The Hall–Kier alpha value is -2.56. The molecule has 0 saturated carbocycles. The van der Waals surface area contributed by atoms with E-state index in [1.807, 2.05) is 12.1 Å². The summed E-state index contributed by atoms with van der Waals surface area (Å²) in [5, 5.41) is 2.75. The highest BCUT2D eigenvalue weighted by atomic mass is 19.1. The zero-order valence-electron chi connectivity index (χ0n) is 12.1. The first kappa shape index (κ1) is 14.4. The SMILES string of the molecule is CC(NC(=O)C1COc2ccccc2O1)c1ccccc1F. The monoisotopic (exact) mass is 301 g/mol. The lowest BCUT2D eigenvalue weighted by Crippen LogP contribution is -2.44. The lowest BCUT2D eigenvalue weighted by molar-refractivity contribution is -0.131. The van der Waals surface area contributed by atoms with E-state index >= 15 is 0 Å². The number of halogens is 1. The molecule has 2 aromatic carbocycles. The molecule has 0 spiro atoms. The molecule has 5 heteroatoms. The van der Waals surface area contributed by atoms with E-state index < -0.39 is 12.1 Å². The maximum absolute atomic E-state index is 13.7. The standard InChI is InChI=1S/C17H16FNO3/c1-11(12-6-2-3-7-13(12)18)19-17(20)16-10-21-14-8-4-5-9-15(14)22-16/h2-9,11,16H,10H2,1H3,(H,19,20). The van der Waals surface area contributed by atoms with Gasteiger partial charge in [0.25, 0.3) is 5.91 Å². The molecule has 1 N–H and O–H groups in total. The van der Waals surface area contributed by atoms with E-state index in [0.29, 0.717) is 17.1 Å². The van der Waals surface area contributed by atoms with Crippen LogP contribution in [0.4, 0.5) is 4.39 Å². The van der Waals surface area contributed by atoms with Crippen LogP contribution in [0.5, 0.6) is 11.5 Å². The molecule has 3 rings (SSSR count). The third-order valence-electron chi connectivity index (χ3n) is 3.53. The lowest BCUT2D eigenvalue weighted by Gasteiger charge is -2.26. The van der Waals surface area contributed by atoms with Crippen molar-refractivity contribution in [3.63, 3.8) is 0 Å². The van der Waals surface area contributed by atoms with Gasteiger partial charge in [-0.2, -0.15) is 0 Å². The second-order valence-corrected chi connectivity index (χ2v) is 5.12. The first-order chi connectivity index (χ1) is 10.6. The van der Waals surface area contributed by atoms with Gasteiger partial charge in [0.2, 0.25) is 6.10 Å². The Bertz CT molecular complexity index is 689. The van der Waals surface area contributed by atoms with E-state index in [9.17, 15) is 9.18 Å². The quantitative estimate of drug-likeness (QED) is 0.948. The number of amides is 1. The van der Waals surface area contributed by atoms with Crippen LogP contribution in [-0.4, -0.2) is 18.6 Å². The topological polar surface area (TPSA) is 47.6 Å². The Kier molecular flexibility index (Phi) is 3.96. The van der Waals surface area contributed by atoms with Crippen molar-refractivity contribution in [2.75, 3.05) is 6.61 Å². The summed E-state index contributed by atoms with van der Waals surface area (Å²) in [6.45, 7) is 1.86. The third kappa shape index (κ3) is 2.88. The minimum Gasteiger partial charge on any atom is -0.485 e. The highest BCUT2D eigenvalue weighted by molar-refractivity contribution is 5.82. The van der Waals surface area contributed by atoms with Crippen LogP contribution >= 0.6 is 0 Å². The molecule has 22 heavy (non-hydrogen) atoms. The summed E-state index contributed by atoms with van der Waals surface area (Å²) >= 11 is 0. The van der Waals surface area contributed by atoms with Gasteiger partial charge >= 0.3 is 0 Å². The van der Waals surface area contributed by atoms with Crippen molar-refractivity contribution >= 4 is 5.91 Å². The van der Waals surface area contributed by atoms with E-state index in [2.05, 4.69) is 5.32 Å². The number of carbonyl (C=O) groups excluding carboxylic acids is 1. The number of hydrogen-bond donors (Lipinski definition) is 1. The molecule has 0 aromatic heterocycles. The van der Waals surface area contributed by atoms with Gasteiger partial charge in [-0.1, -0.05) is 30.3 Å². The number of rotatable bonds is 3. The first-order valence-electron chi connectivity index (χ1n) is 7.08. The number of nitrogens with one attached hydrogen (secondary N) is 1. The molecule has 0 aliphatic carbocycles. The minimum absolute atomic E-state index is 0.132. The number of para-hydroxylation sites is 2. The van der Waals surface area contributed by atoms with Crippen LogP contribution in [0.1, 0.15) is 18.5 Å². The molecule has 0 saturated heterocycles. The fourth-order valence-electron chi connectivity index (χ4n) is 2.36. The van der Waals surface area contributed by atoms with Gasteiger partial charge in [0, 0.05) is 5.56 Å². The van der Waals surface area contributed by atoms with Crippen molar-refractivity contribution in [1.29, 1.82) is 0 Å². The van der Waals surface area contributed by atoms with E-state index in [4.69, 9.17) is 9.47 Å². The van der Waals surface area contributed by atoms with Crippen molar-refractivity contribution in [2.45, 2.75) is 19.1 Å². The Morgan fingerprint density at radius 1 is 1.18 bits per heavy atom. The molecule has 4 nitrogen and oxygen atoms in total. The van der Waals surface area contributed by atoms with Crippen LogP contribution in [0.3, 0.4) is 0 Å². The van der Waals surface area contributed by atoms with Crippen LogP contribution in [-0.2, 0) is 4.79 Å². The van der Waals surface area contributed by atoms with Gasteiger partial charge in [0.05, 0.1) is 6.04 Å². The molecule has 1 aliphatic rings. The van der Waals surface area contributed by atoms with Gasteiger partial charge in [0.1, 0.15) is 12.4 Å². The van der Waals surface area contributed by atoms with Crippen molar-refractivity contribution in [2.24, 2.45) is 0 Å². The number of ether oxygens (including phenoxy) is 2. The smallest absolute Gasteiger partial charge is 0.265 e. The van der Waals surface area contributed by atoms with Crippen molar-refractivity contribution in [1.82, 2.24) is 5.32 Å². The molecular weight excluding hydrogens is 285 g/mol. The second kappa shape index (κ2) is 6.05. The largest absolute Gasteiger partial charge is 0.485 e. The molecule has 1 amide bonds. The third-order valence-corrected chi connectivity index (χ3v) is 3.53. The summed E-state index contributed by atoms with van der Waals surface area (Å²) in [4.78, 5) is 12.3. The number of hydrogen-bond acceptors (Lipinski definition) is 3. The molecule has 1 aliphatic heterocycles. The predicted octanol–water partition coefficient (Wildman–Crippen LogP) is 2.84. The van der Waals surface area contributed by atoms with Crippen LogP contribution in [0.15, 0.2) is 48.5 Å². The fourth-order valence-corrected chi connectivity index (χ4v) is 2.36. The van der Waals surface area contributed by atoms with Gasteiger partial charge in [-0.3, -0.25) is 4.79 Å². The number of benzene rings is 2. The van der Waals surface area contributed by atoms with E-state index in [0.717, 1.165) is 0 Å². The van der Waals surface area contributed by atoms with Crippen LogP contribution < -0.4 is 14.8 Å². The molecule has 0 radical (unpaired) electrons. The Labute approximate surface area is 127 Å². The molecular formula is C17H16FNO3. The molecule has 0 bridgehead atoms.